The molecule has 2 atom stereocenters. The van der Waals surface area contributed by atoms with E-state index in [9.17, 15) is 15.0 Å². The second kappa shape index (κ2) is 4.56. The van der Waals surface area contributed by atoms with Crippen molar-refractivity contribution in [3.05, 3.63) is 28.3 Å². The van der Waals surface area contributed by atoms with Gasteiger partial charge >= 0.3 is 0 Å². The summed E-state index contributed by atoms with van der Waals surface area (Å²) in [6.07, 6.45) is 4.59. The molecule has 0 radical (unpaired) electrons. The third-order valence-corrected chi connectivity index (χ3v) is 6.28. The zero-order valence-electron chi connectivity index (χ0n) is 14.7. The SMILES string of the molecule is C[C@@H]1COc2c(O)c3c(c(O)c21)C(=O)C=C1C(C)(C)CCC[C@@]13C. The summed E-state index contributed by atoms with van der Waals surface area (Å²) in [4.78, 5) is 12.9. The maximum Gasteiger partial charge on any atom is 0.190 e. The van der Waals surface area contributed by atoms with Crippen molar-refractivity contribution in [1.82, 2.24) is 0 Å². The number of aromatic hydroxyl groups is 2. The summed E-state index contributed by atoms with van der Waals surface area (Å²) in [5.74, 6) is 0.151. The fourth-order valence-electron chi connectivity index (χ4n) is 5.11. The molecule has 4 heteroatoms. The number of ketones is 1. The Labute approximate surface area is 142 Å². The van der Waals surface area contributed by atoms with Crippen LogP contribution in [0.2, 0.25) is 0 Å². The molecule has 0 unspecified atom stereocenters. The van der Waals surface area contributed by atoms with E-state index >= 15 is 0 Å². The van der Waals surface area contributed by atoms with Crippen LogP contribution in [0.4, 0.5) is 0 Å². The minimum absolute atomic E-state index is 0.00676. The van der Waals surface area contributed by atoms with E-state index in [-0.39, 0.29) is 34.2 Å². The number of hydrogen-bond donors (Lipinski definition) is 2. The summed E-state index contributed by atoms with van der Waals surface area (Å²) in [6.45, 7) is 8.72. The number of ether oxygens (including phenoxy) is 1. The zero-order chi connectivity index (χ0) is 17.4. The molecule has 4 nitrogen and oxygen atoms in total. The highest BCUT2D eigenvalue weighted by molar-refractivity contribution is 6.11. The first-order valence-corrected chi connectivity index (χ1v) is 8.70. The molecule has 1 aliphatic heterocycles. The smallest absolute Gasteiger partial charge is 0.190 e. The second-order valence-corrected chi connectivity index (χ2v) is 8.39. The van der Waals surface area contributed by atoms with E-state index in [1.165, 1.54) is 0 Å². The van der Waals surface area contributed by atoms with Gasteiger partial charge in [-0.25, -0.2) is 0 Å². The predicted molar refractivity (Wildman–Crippen MR) is 91.1 cm³/mol. The Bertz CT molecular complexity index is 803. The summed E-state index contributed by atoms with van der Waals surface area (Å²) in [5.41, 5.74) is 1.90. The quantitative estimate of drug-likeness (QED) is 0.701. The molecule has 1 saturated carbocycles. The lowest BCUT2D eigenvalue weighted by atomic mass is 9.55. The van der Waals surface area contributed by atoms with E-state index in [2.05, 4.69) is 20.8 Å². The first-order valence-electron chi connectivity index (χ1n) is 8.70. The number of carbonyl (C=O) groups excluding carboxylic acids is 1. The molecule has 1 aromatic rings. The average molecular weight is 328 g/mol. The van der Waals surface area contributed by atoms with Crippen LogP contribution in [0.5, 0.6) is 17.2 Å². The lowest BCUT2D eigenvalue weighted by Gasteiger charge is -2.48. The Balaban J connectivity index is 2.07. The van der Waals surface area contributed by atoms with Gasteiger partial charge in [-0.15, -0.1) is 0 Å². The van der Waals surface area contributed by atoms with E-state index in [1.807, 2.05) is 6.92 Å². The lowest BCUT2D eigenvalue weighted by Crippen LogP contribution is -2.41. The Morgan fingerprint density at radius 1 is 1.17 bits per heavy atom. The molecule has 1 heterocycles. The van der Waals surface area contributed by atoms with E-state index in [0.717, 1.165) is 24.8 Å². The molecule has 2 N–H and O–H groups in total. The van der Waals surface area contributed by atoms with Gasteiger partial charge in [0.05, 0.1) is 12.2 Å². The van der Waals surface area contributed by atoms with Crippen LogP contribution in [0.25, 0.3) is 0 Å². The number of allylic oxidation sites excluding steroid dienone is 2. The Morgan fingerprint density at radius 3 is 2.58 bits per heavy atom. The first-order chi connectivity index (χ1) is 11.2. The van der Waals surface area contributed by atoms with Gasteiger partial charge in [0.25, 0.3) is 0 Å². The number of hydrogen-bond acceptors (Lipinski definition) is 4. The highest BCUT2D eigenvalue weighted by atomic mass is 16.5. The molecule has 0 bridgehead atoms. The molecule has 4 rings (SSSR count). The normalized spacial score (nSPS) is 30.1. The largest absolute Gasteiger partial charge is 0.507 e. The summed E-state index contributed by atoms with van der Waals surface area (Å²) in [7, 11) is 0. The van der Waals surface area contributed by atoms with E-state index in [0.29, 0.717) is 23.5 Å². The molecule has 128 valence electrons. The van der Waals surface area contributed by atoms with Crippen molar-refractivity contribution in [2.45, 2.75) is 58.3 Å². The van der Waals surface area contributed by atoms with Crippen LogP contribution in [-0.2, 0) is 5.41 Å². The van der Waals surface area contributed by atoms with Gasteiger partial charge in [0.2, 0.25) is 0 Å². The van der Waals surface area contributed by atoms with Gasteiger partial charge in [-0.05, 0) is 24.3 Å². The summed E-state index contributed by atoms with van der Waals surface area (Å²) >= 11 is 0. The van der Waals surface area contributed by atoms with Crippen molar-refractivity contribution in [1.29, 1.82) is 0 Å². The molecule has 24 heavy (non-hydrogen) atoms. The minimum atomic E-state index is -0.448. The first kappa shape index (κ1) is 15.6. The molecule has 3 aliphatic rings. The van der Waals surface area contributed by atoms with Gasteiger partial charge in [0, 0.05) is 22.5 Å². The fraction of sp³-hybridized carbons (Fsp3) is 0.550. The van der Waals surface area contributed by atoms with Crippen molar-refractivity contribution in [2.75, 3.05) is 6.61 Å². The Hall–Kier alpha value is -1.97. The second-order valence-electron chi connectivity index (χ2n) is 8.39. The van der Waals surface area contributed by atoms with Gasteiger partial charge in [-0.1, -0.05) is 39.7 Å². The number of rotatable bonds is 0. The molecular formula is C20H24O4. The number of phenols is 2. The molecule has 0 spiro atoms. The van der Waals surface area contributed by atoms with Crippen molar-refractivity contribution in [3.63, 3.8) is 0 Å². The van der Waals surface area contributed by atoms with Gasteiger partial charge < -0.3 is 14.9 Å². The zero-order valence-corrected chi connectivity index (χ0v) is 14.7. The van der Waals surface area contributed by atoms with Gasteiger partial charge in [0.1, 0.15) is 5.75 Å². The van der Waals surface area contributed by atoms with Crippen LogP contribution in [0.3, 0.4) is 0 Å². The third-order valence-electron chi connectivity index (χ3n) is 6.28. The van der Waals surface area contributed by atoms with Crippen LogP contribution >= 0.6 is 0 Å². The van der Waals surface area contributed by atoms with Gasteiger partial charge in [0.15, 0.2) is 17.3 Å². The number of phenolic OH excluding ortho intramolecular Hbond substituents is 2. The van der Waals surface area contributed by atoms with Crippen molar-refractivity contribution >= 4 is 5.78 Å². The van der Waals surface area contributed by atoms with E-state index in [1.54, 1.807) is 6.08 Å². The summed E-state index contributed by atoms with van der Waals surface area (Å²) < 4.78 is 5.66. The standard InChI is InChI=1S/C20H24O4/c1-10-9-24-18-13(10)16(22)14-11(21)8-12-19(2,3)6-5-7-20(12,4)15(14)17(18)23/h8,10,22-23H,5-7,9H2,1-4H3/t10-,20+/m1/s1. The number of fused-ring (bicyclic) bond motifs is 4. The summed E-state index contributed by atoms with van der Waals surface area (Å²) in [5, 5.41) is 21.8. The lowest BCUT2D eigenvalue weighted by molar-refractivity contribution is 0.102. The van der Waals surface area contributed by atoms with E-state index < -0.39 is 5.41 Å². The van der Waals surface area contributed by atoms with Gasteiger partial charge in [-0.3, -0.25) is 4.79 Å². The minimum Gasteiger partial charge on any atom is -0.507 e. The number of benzene rings is 1. The highest BCUT2D eigenvalue weighted by Crippen LogP contribution is 2.61. The van der Waals surface area contributed by atoms with Crippen LogP contribution in [0, 0.1) is 5.41 Å². The van der Waals surface area contributed by atoms with Crippen LogP contribution < -0.4 is 4.74 Å². The van der Waals surface area contributed by atoms with Crippen molar-refractivity contribution in [3.8, 4) is 17.2 Å². The number of carbonyl (C=O) groups is 1. The van der Waals surface area contributed by atoms with Crippen molar-refractivity contribution in [2.24, 2.45) is 5.41 Å². The molecule has 1 fully saturated rings. The molecule has 0 saturated heterocycles. The predicted octanol–water partition coefficient (Wildman–Crippen LogP) is 4.18. The van der Waals surface area contributed by atoms with Gasteiger partial charge in [-0.2, -0.15) is 0 Å². The third kappa shape index (κ3) is 1.72. The topological polar surface area (TPSA) is 66.8 Å². The van der Waals surface area contributed by atoms with Crippen LogP contribution in [0.15, 0.2) is 11.6 Å². The molecule has 0 amide bonds. The fourth-order valence-corrected chi connectivity index (χ4v) is 5.11. The van der Waals surface area contributed by atoms with Crippen molar-refractivity contribution < 1.29 is 19.7 Å². The maximum atomic E-state index is 12.9. The summed E-state index contributed by atoms with van der Waals surface area (Å²) in [6, 6.07) is 0. The van der Waals surface area contributed by atoms with Crippen LogP contribution in [-0.4, -0.2) is 22.6 Å². The average Bonchev–Trinajstić information content (AvgIpc) is 2.88. The Morgan fingerprint density at radius 2 is 1.88 bits per heavy atom. The van der Waals surface area contributed by atoms with E-state index in [4.69, 9.17) is 4.74 Å². The molecule has 1 aromatic carbocycles. The maximum absolute atomic E-state index is 12.9. The van der Waals surface area contributed by atoms with Crippen LogP contribution in [0.1, 0.15) is 74.4 Å². The molecule has 0 aromatic heterocycles. The monoisotopic (exact) mass is 328 g/mol. The molecular weight excluding hydrogens is 304 g/mol. The Kier molecular flexibility index (Phi) is 2.95. The highest BCUT2D eigenvalue weighted by Gasteiger charge is 2.50. The molecule has 2 aliphatic carbocycles.